The van der Waals surface area contributed by atoms with Crippen molar-refractivity contribution in [3.05, 3.63) is 115 Å². The van der Waals surface area contributed by atoms with Gasteiger partial charge in [0.15, 0.2) is 0 Å². The van der Waals surface area contributed by atoms with Crippen molar-refractivity contribution in [2.24, 2.45) is 0 Å². The van der Waals surface area contributed by atoms with Gasteiger partial charge in [-0.25, -0.2) is 4.79 Å². The van der Waals surface area contributed by atoms with E-state index in [4.69, 9.17) is 4.74 Å². The largest absolute Gasteiger partial charge is 0.422 e. The van der Waals surface area contributed by atoms with Crippen LogP contribution in [0.1, 0.15) is 10.4 Å². The summed E-state index contributed by atoms with van der Waals surface area (Å²) in [6, 6.07) is 35.0. The molecule has 0 unspecified atom stereocenters. The molecule has 0 aliphatic rings. The first-order valence-corrected chi connectivity index (χ1v) is 8.84. The highest BCUT2D eigenvalue weighted by Crippen LogP contribution is 2.37. The molecule has 28 heavy (non-hydrogen) atoms. The molecule has 4 aromatic rings. The van der Waals surface area contributed by atoms with Crippen LogP contribution in [0.15, 0.2) is 109 Å². The van der Waals surface area contributed by atoms with Crippen molar-refractivity contribution in [2.75, 3.05) is 0 Å². The molecule has 0 saturated heterocycles. The smallest absolute Gasteiger partial charge is 0.343 e. The standard InChI is InChI=1S/C25H18O2.H2S/c26-25(20-13-5-2-6-14-20)27-24-18-10-9-17-23(24)22-16-8-7-15-21(22)19-11-3-1-4-12-19;/h1-18H;1H2. The number of rotatable bonds is 4. The Morgan fingerprint density at radius 2 is 1.04 bits per heavy atom. The summed E-state index contributed by atoms with van der Waals surface area (Å²) >= 11 is 0. The Kier molecular flexibility index (Phi) is 6.30. The number of carbonyl (C=O) groups excluding carboxylic acids is 1. The second-order valence-electron chi connectivity index (χ2n) is 6.16. The van der Waals surface area contributed by atoms with E-state index in [0.717, 1.165) is 22.3 Å². The summed E-state index contributed by atoms with van der Waals surface area (Å²) in [5.41, 5.74) is 4.67. The zero-order valence-electron chi connectivity index (χ0n) is 15.2. The third kappa shape index (κ3) is 4.16. The average molecular weight is 385 g/mol. The lowest BCUT2D eigenvalue weighted by molar-refractivity contribution is 0.0735. The molecule has 0 saturated carbocycles. The molecule has 2 nitrogen and oxygen atoms in total. The molecule has 0 atom stereocenters. The predicted octanol–water partition coefficient (Wildman–Crippen LogP) is 6.35. The third-order valence-corrected chi connectivity index (χ3v) is 4.40. The van der Waals surface area contributed by atoms with Gasteiger partial charge in [-0.1, -0.05) is 91.0 Å². The van der Waals surface area contributed by atoms with Gasteiger partial charge in [0, 0.05) is 5.56 Å². The molecule has 0 radical (unpaired) electrons. The molecule has 0 aliphatic carbocycles. The molecule has 0 N–H and O–H groups in total. The molecule has 0 fully saturated rings. The van der Waals surface area contributed by atoms with Gasteiger partial charge >= 0.3 is 5.97 Å². The Balaban J connectivity index is 0.00000225. The topological polar surface area (TPSA) is 26.3 Å². The second-order valence-corrected chi connectivity index (χ2v) is 6.16. The van der Waals surface area contributed by atoms with E-state index in [0.29, 0.717) is 11.3 Å². The fraction of sp³-hybridized carbons (Fsp3) is 0. The first kappa shape index (κ1) is 19.5. The van der Waals surface area contributed by atoms with Crippen LogP contribution in [0, 0.1) is 0 Å². The van der Waals surface area contributed by atoms with E-state index in [1.165, 1.54) is 0 Å². The van der Waals surface area contributed by atoms with Gasteiger partial charge in [0.25, 0.3) is 0 Å². The molecule has 138 valence electrons. The van der Waals surface area contributed by atoms with Crippen molar-refractivity contribution in [3.8, 4) is 28.0 Å². The first-order chi connectivity index (χ1) is 13.3. The summed E-state index contributed by atoms with van der Waals surface area (Å²) in [4.78, 5) is 12.5. The van der Waals surface area contributed by atoms with Crippen molar-refractivity contribution in [1.82, 2.24) is 0 Å². The van der Waals surface area contributed by atoms with Crippen molar-refractivity contribution < 1.29 is 9.53 Å². The van der Waals surface area contributed by atoms with E-state index in [1.807, 2.05) is 72.8 Å². The molecule has 0 spiro atoms. The van der Waals surface area contributed by atoms with Crippen LogP contribution >= 0.6 is 13.5 Å². The van der Waals surface area contributed by atoms with E-state index in [1.54, 1.807) is 12.1 Å². The van der Waals surface area contributed by atoms with Gasteiger partial charge < -0.3 is 4.74 Å². The zero-order valence-corrected chi connectivity index (χ0v) is 16.2. The highest BCUT2D eigenvalue weighted by molar-refractivity contribution is 7.59. The number of carbonyl (C=O) groups is 1. The minimum absolute atomic E-state index is 0. The van der Waals surface area contributed by atoms with Gasteiger partial charge in [0.2, 0.25) is 0 Å². The average Bonchev–Trinajstić information content (AvgIpc) is 2.75. The highest BCUT2D eigenvalue weighted by atomic mass is 32.1. The lowest BCUT2D eigenvalue weighted by Gasteiger charge is -2.14. The van der Waals surface area contributed by atoms with Gasteiger partial charge in [-0.05, 0) is 34.9 Å². The molecular formula is C25H20O2S. The van der Waals surface area contributed by atoms with Gasteiger partial charge in [-0.2, -0.15) is 13.5 Å². The van der Waals surface area contributed by atoms with E-state index in [-0.39, 0.29) is 19.5 Å². The fourth-order valence-corrected chi connectivity index (χ4v) is 3.10. The van der Waals surface area contributed by atoms with E-state index in [9.17, 15) is 4.79 Å². The molecule has 0 heterocycles. The summed E-state index contributed by atoms with van der Waals surface area (Å²) in [6.45, 7) is 0. The third-order valence-electron chi connectivity index (χ3n) is 4.40. The van der Waals surface area contributed by atoms with Crippen LogP contribution in [0.2, 0.25) is 0 Å². The minimum atomic E-state index is -0.361. The molecule has 0 aromatic heterocycles. The number of ether oxygens (including phenoxy) is 1. The normalized spacial score (nSPS) is 10.0. The van der Waals surface area contributed by atoms with Crippen LogP contribution in [-0.4, -0.2) is 5.97 Å². The quantitative estimate of drug-likeness (QED) is 0.303. The number of hydrogen-bond donors (Lipinski definition) is 0. The van der Waals surface area contributed by atoms with Crippen LogP contribution in [0.25, 0.3) is 22.3 Å². The monoisotopic (exact) mass is 384 g/mol. The highest BCUT2D eigenvalue weighted by Gasteiger charge is 2.15. The molecule has 0 bridgehead atoms. The Morgan fingerprint density at radius 3 is 1.71 bits per heavy atom. The summed E-state index contributed by atoms with van der Waals surface area (Å²) in [5.74, 6) is 0.190. The van der Waals surface area contributed by atoms with Crippen molar-refractivity contribution in [3.63, 3.8) is 0 Å². The lowest BCUT2D eigenvalue weighted by atomic mass is 9.94. The number of para-hydroxylation sites is 1. The molecule has 0 aliphatic heterocycles. The minimum Gasteiger partial charge on any atom is -0.422 e. The second kappa shape index (κ2) is 9.07. The van der Waals surface area contributed by atoms with E-state index < -0.39 is 0 Å². The summed E-state index contributed by atoms with van der Waals surface area (Å²) in [7, 11) is 0. The molecular weight excluding hydrogens is 364 g/mol. The van der Waals surface area contributed by atoms with Crippen LogP contribution in [0.3, 0.4) is 0 Å². The van der Waals surface area contributed by atoms with Crippen molar-refractivity contribution >= 4 is 19.5 Å². The lowest BCUT2D eigenvalue weighted by Crippen LogP contribution is -2.08. The molecule has 4 aromatic carbocycles. The van der Waals surface area contributed by atoms with Crippen molar-refractivity contribution in [2.45, 2.75) is 0 Å². The molecule has 0 amide bonds. The number of benzene rings is 4. The maximum absolute atomic E-state index is 12.5. The van der Waals surface area contributed by atoms with E-state index in [2.05, 4.69) is 24.3 Å². The maximum Gasteiger partial charge on any atom is 0.343 e. The van der Waals surface area contributed by atoms with Gasteiger partial charge in [-0.3, -0.25) is 0 Å². The Morgan fingerprint density at radius 1 is 0.536 bits per heavy atom. The predicted molar refractivity (Wildman–Crippen MR) is 119 cm³/mol. The van der Waals surface area contributed by atoms with Gasteiger partial charge in [-0.15, -0.1) is 0 Å². The van der Waals surface area contributed by atoms with E-state index >= 15 is 0 Å². The number of esters is 1. The SMILES string of the molecule is O=C(Oc1ccccc1-c1ccccc1-c1ccccc1)c1ccccc1.S. The van der Waals surface area contributed by atoms with Gasteiger partial charge in [0.05, 0.1) is 5.56 Å². The van der Waals surface area contributed by atoms with Crippen LogP contribution in [-0.2, 0) is 0 Å². The maximum atomic E-state index is 12.5. The van der Waals surface area contributed by atoms with Crippen LogP contribution < -0.4 is 4.74 Å². The Hall–Kier alpha value is -3.30. The fourth-order valence-electron chi connectivity index (χ4n) is 3.10. The summed E-state index contributed by atoms with van der Waals surface area (Å²) < 4.78 is 5.74. The molecule has 4 rings (SSSR count). The summed E-state index contributed by atoms with van der Waals surface area (Å²) in [5, 5.41) is 0. The molecule has 3 heteroatoms. The van der Waals surface area contributed by atoms with Crippen LogP contribution in [0.4, 0.5) is 0 Å². The Labute approximate surface area is 171 Å². The Bertz CT molecular complexity index is 1060. The zero-order chi connectivity index (χ0) is 18.5. The van der Waals surface area contributed by atoms with Crippen molar-refractivity contribution in [1.29, 1.82) is 0 Å². The van der Waals surface area contributed by atoms with Gasteiger partial charge in [0.1, 0.15) is 5.75 Å². The summed E-state index contributed by atoms with van der Waals surface area (Å²) in [6.07, 6.45) is 0. The number of hydrogen-bond acceptors (Lipinski definition) is 2. The van der Waals surface area contributed by atoms with Crippen LogP contribution in [0.5, 0.6) is 5.75 Å². The first-order valence-electron chi connectivity index (χ1n) is 8.84.